The molecule has 0 saturated carbocycles. The third-order valence-corrected chi connectivity index (χ3v) is 2.00. The fourth-order valence-electron chi connectivity index (χ4n) is 1.10. The summed E-state index contributed by atoms with van der Waals surface area (Å²) in [6, 6.07) is 3.82. The van der Waals surface area contributed by atoms with E-state index in [2.05, 4.69) is 5.32 Å². The Morgan fingerprint density at radius 3 is 2.75 bits per heavy atom. The van der Waals surface area contributed by atoms with Crippen LogP contribution in [-0.2, 0) is 13.6 Å². The lowest BCUT2D eigenvalue weighted by Gasteiger charge is -2.05. The second-order valence-electron chi connectivity index (χ2n) is 2.89. The van der Waals surface area contributed by atoms with Crippen molar-refractivity contribution in [3.63, 3.8) is 0 Å². The normalized spacial score (nSPS) is 10.2. The van der Waals surface area contributed by atoms with Gasteiger partial charge in [0.25, 0.3) is 5.56 Å². The molecule has 3 nitrogen and oxygen atoms in total. The van der Waals surface area contributed by atoms with Crippen LogP contribution in [0.2, 0.25) is 0 Å². The third kappa shape index (κ3) is 1.56. The fraction of sp³-hybridized carbons (Fsp3) is 0.444. The van der Waals surface area contributed by atoms with Gasteiger partial charge in [-0.15, -0.1) is 0 Å². The summed E-state index contributed by atoms with van der Waals surface area (Å²) in [5.74, 6) is 0. The van der Waals surface area contributed by atoms with Crippen LogP contribution in [0.1, 0.15) is 11.3 Å². The van der Waals surface area contributed by atoms with E-state index in [-0.39, 0.29) is 5.56 Å². The SMILES string of the molecule is CNCc1ccc(C)n(C)c1=O. The van der Waals surface area contributed by atoms with Crippen molar-refractivity contribution in [1.29, 1.82) is 0 Å². The maximum Gasteiger partial charge on any atom is 0.254 e. The monoisotopic (exact) mass is 166 g/mol. The van der Waals surface area contributed by atoms with E-state index in [0.29, 0.717) is 6.54 Å². The van der Waals surface area contributed by atoms with E-state index in [1.807, 2.05) is 26.1 Å². The van der Waals surface area contributed by atoms with Gasteiger partial charge in [0.05, 0.1) is 0 Å². The van der Waals surface area contributed by atoms with Gasteiger partial charge >= 0.3 is 0 Å². The first kappa shape index (κ1) is 9.00. The van der Waals surface area contributed by atoms with Gasteiger partial charge in [-0.1, -0.05) is 6.07 Å². The Balaban J connectivity index is 3.18. The van der Waals surface area contributed by atoms with E-state index in [4.69, 9.17) is 0 Å². The molecule has 0 aliphatic rings. The van der Waals surface area contributed by atoms with Crippen molar-refractivity contribution in [2.75, 3.05) is 7.05 Å². The molecule has 1 aromatic heterocycles. The van der Waals surface area contributed by atoms with Gasteiger partial charge in [0.15, 0.2) is 0 Å². The average Bonchev–Trinajstić information content (AvgIpc) is 2.07. The summed E-state index contributed by atoms with van der Waals surface area (Å²) in [6.45, 7) is 2.55. The Bertz CT molecular complexity index is 328. The molecule has 0 aliphatic carbocycles. The molecule has 0 atom stereocenters. The minimum Gasteiger partial charge on any atom is -0.316 e. The van der Waals surface area contributed by atoms with Crippen molar-refractivity contribution in [3.8, 4) is 0 Å². The van der Waals surface area contributed by atoms with E-state index >= 15 is 0 Å². The molecule has 1 heterocycles. The summed E-state index contributed by atoms with van der Waals surface area (Å²) >= 11 is 0. The Hall–Kier alpha value is -1.09. The van der Waals surface area contributed by atoms with Crippen LogP contribution in [-0.4, -0.2) is 11.6 Å². The lowest BCUT2D eigenvalue weighted by atomic mass is 10.2. The van der Waals surface area contributed by atoms with Crippen LogP contribution < -0.4 is 10.9 Å². The largest absolute Gasteiger partial charge is 0.316 e. The average molecular weight is 166 g/mol. The maximum absolute atomic E-state index is 11.5. The van der Waals surface area contributed by atoms with Gasteiger partial charge in [-0.2, -0.15) is 0 Å². The van der Waals surface area contributed by atoms with Crippen molar-refractivity contribution in [1.82, 2.24) is 9.88 Å². The first-order chi connectivity index (χ1) is 5.66. The summed E-state index contributed by atoms with van der Waals surface area (Å²) in [4.78, 5) is 11.5. The standard InChI is InChI=1S/C9H14N2O/c1-7-4-5-8(6-10-2)9(12)11(7)3/h4-5,10H,6H2,1-3H3. The molecule has 0 unspecified atom stereocenters. The number of nitrogens with one attached hydrogen (secondary N) is 1. The number of aryl methyl sites for hydroxylation is 1. The Labute approximate surface area is 72.0 Å². The molecule has 0 bridgehead atoms. The van der Waals surface area contributed by atoms with Crippen LogP contribution in [0.25, 0.3) is 0 Å². The van der Waals surface area contributed by atoms with Gasteiger partial charge in [-0.05, 0) is 20.0 Å². The summed E-state index contributed by atoms with van der Waals surface area (Å²) in [6.07, 6.45) is 0. The lowest BCUT2D eigenvalue weighted by molar-refractivity contribution is 0.752. The lowest BCUT2D eigenvalue weighted by Crippen LogP contribution is -2.25. The van der Waals surface area contributed by atoms with Gasteiger partial charge < -0.3 is 9.88 Å². The number of rotatable bonds is 2. The molecule has 0 saturated heterocycles. The minimum absolute atomic E-state index is 0.0874. The zero-order valence-electron chi connectivity index (χ0n) is 7.72. The summed E-state index contributed by atoms with van der Waals surface area (Å²) in [7, 11) is 3.62. The van der Waals surface area contributed by atoms with Crippen molar-refractivity contribution in [2.45, 2.75) is 13.5 Å². The highest BCUT2D eigenvalue weighted by Gasteiger charge is 2.00. The first-order valence-electron chi connectivity index (χ1n) is 3.97. The van der Waals surface area contributed by atoms with Gasteiger partial charge in [-0.25, -0.2) is 0 Å². The topological polar surface area (TPSA) is 34.0 Å². The Morgan fingerprint density at radius 2 is 2.17 bits per heavy atom. The van der Waals surface area contributed by atoms with E-state index < -0.39 is 0 Å². The second kappa shape index (κ2) is 3.54. The zero-order valence-corrected chi connectivity index (χ0v) is 7.72. The van der Waals surface area contributed by atoms with Crippen molar-refractivity contribution in [2.24, 2.45) is 7.05 Å². The molecule has 0 aromatic carbocycles. The smallest absolute Gasteiger partial charge is 0.254 e. The van der Waals surface area contributed by atoms with E-state index in [1.165, 1.54) is 0 Å². The number of hydrogen-bond acceptors (Lipinski definition) is 2. The summed E-state index contributed by atoms with van der Waals surface area (Å²) < 4.78 is 1.66. The molecule has 0 amide bonds. The van der Waals surface area contributed by atoms with Gasteiger partial charge in [-0.3, -0.25) is 4.79 Å². The predicted molar refractivity (Wildman–Crippen MR) is 49.2 cm³/mol. The minimum atomic E-state index is 0.0874. The van der Waals surface area contributed by atoms with Gasteiger partial charge in [0.1, 0.15) is 0 Å². The van der Waals surface area contributed by atoms with Gasteiger partial charge in [0, 0.05) is 24.8 Å². The second-order valence-corrected chi connectivity index (χ2v) is 2.89. The molecular formula is C9H14N2O. The number of pyridine rings is 1. The number of nitrogens with zero attached hydrogens (tertiary/aromatic N) is 1. The molecule has 0 fully saturated rings. The molecule has 3 heteroatoms. The molecule has 12 heavy (non-hydrogen) atoms. The highest BCUT2D eigenvalue weighted by atomic mass is 16.1. The van der Waals surface area contributed by atoms with Gasteiger partial charge in [0.2, 0.25) is 0 Å². The Morgan fingerprint density at radius 1 is 1.50 bits per heavy atom. The highest BCUT2D eigenvalue weighted by Crippen LogP contribution is 1.95. The van der Waals surface area contributed by atoms with Crippen molar-refractivity contribution in [3.05, 3.63) is 33.7 Å². The molecule has 1 rings (SSSR count). The molecule has 0 aliphatic heterocycles. The number of hydrogen-bond donors (Lipinski definition) is 1. The first-order valence-corrected chi connectivity index (χ1v) is 3.97. The number of aromatic nitrogens is 1. The van der Waals surface area contributed by atoms with Crippen LogP contribution in [0.3, 0.4) is 0 Å². The summed E-state index contributed by atoms with van der Waals surface area (Å²) in [5, 5.41) is 2.96. The molecular weight excluding hydrogens is 152 g/mol. The third-order valence-electron chi connectivity index (χ3n) is 2.00. The highest BCUT2D eigenvalue weighted by molar-refractivity contribution is 5.14. The van der Waals surface area contributed by atoms with E-state index in [0.717, 1.165) is 11.3 Å². The van der Waals surface area contributed by atoms with Crippen LogP contribution in [0.5, 0.6) is 0 Å². The van der Waals surface area contributed by atoms with Crippen LogP contribution >= 0.6 is 0 Å². The molecule has 0 radical (unpaired) electrons. The zero-order chi connectivity index (χ0) is 9.14. The molecule has 0 spiro atoms. The van der Waals surface area contributed by atoms with Crippen molar-refractivity contribution >= 4 is 0 Å². The Kier molecular flexibility index (Phi) is 2.65. The van der Waals surface area contributed by atoms with Crippen molar-refractivity contribution < 1.29 is 0 Å². The summed E-state index contributed by atoms with van der Waals surface area (Å²) in [5.41, 5.74) is 1.88. The van der Waals surface area contributed by atoms with Crippen LogP contribution in [0.4, 0.5) is 0 Å². The van der Waals surface area contributed by atoms with Crippen LogP contribution in [0, 0.1) is 6.92 Å². The van der Waals surface area contributed by atoms with E-state index in [9.17, 15) is 4.79 Å². The fourth-order valence-corrected chi connectivity index (χ4v) is 1.10. The maximum atomic E-state index is 11.5. The quantitative estimate of drug-likeness (QED) is 0.690. The molecule has 66 valence electrons. The molecule has 1 aromatic rings. The molecule has 1 N–H and O–H groups in total. The van der Waals surface area contributed by atoms with E-state index in [1.54, 1.807) is 11.6 Å². The predicted octanol–water partition coefficient (Wildman–Crippen LogP) is 0.413. The van der Waals surface area contributed by atoms with Crippen LogP contribution in [0.15, 0.2) is 16.9 Å².